The van der Waals surface area contributed by atoms with Crippen LogP contribution in [0.3, 0.4) is 0 Å². The van der Waals surface area contributed by atoms with Gasteiger partial charge >= 0.3 is 0 Å². The third-order valence-corrected chi connectivity index (χ3v) is 6.08. The molecule has 7 nitrogen and oxygen atoms in total. The molecule has 2 atom stereocenters. The van der Waals surface area contributed by atoms with E-state index in [4.69, 9.17) is 11.6 Å². The van der Waals surface area contributed by atoms with Crippen molar-refractivity contribution in [2.24, 2.45) is 0 Å². The molecule has 2 amide bonds. The molecule has 0 aliphatic carbocycles. The number of carbonyl (C=O) groups excluding carboxylic acids is 2. The van der Waals surface area contributed by atoms with E-state index in [1.54, 1.807) is 0 Å². The summed E-state index contributed by atoms with van der Waals surface area (Å²) in [4.78, 5) is 39.4. The Kier molecular flexibility index (Phi) is 5.42. The molecule has 3 heterocycles. The number of nitrogens with one attached hydrogen (secondary N) is 1. The van der Waals surface area contributed by atoms with Crippen LogP contribution in [0.1, 0.15) is 45.3 Å². The Balaban J connectivity index is 1.69. The molecular formula is C20H17ClF3N3O4. The van der Waals surface area contributed by atoms with Crippen molar-refractivity contribution < 1.29 is 27.9 Å². The van der Waals surface area contributed by atoms with Crippen molar-refractivity contribution in [3.8, 4) is 5.75 Å². The van der Waals surface area contributed by atoms with Crippen LogP contribution in [0.4, 0.5) is 13.2 Å². The largest absolute Gasteiger partial charge is 0.503 e. The number of amides is 2. The quantitative estimate of drug-likeness (QED) is 0.695. The molecule has 2 bridgehead atoms. The Labute approximate surface area is 179 Å². The van der Waals surface area contributed by atoms with Gasteiger partial charge in [-0.25, -0.2) is 13.2 Å². The summed E-state index contributed by atoms with van der Waals surface area (Å²) in [5.74, 6) is -5.96. The number of aromatic nitrogens is 1. The number of hydrogen-bond donors (Lipinski definition) is 2. The van der Waals surface area contributed by atoms with E-state index in [9.17, 15) is 32.7 Å². The molecule has 0 saturated carbocycles. The number of carbonyl (C=O) groups is 2. The molecule has 0 radical (unpaired) electrons. The molecule has 164 valence electrons. The first-order valence-electron chi connectivity index (χ1n) is 9.52. The predicted octanol–water partition coefficient (Wildman–Crippen LogP) is 2.30. The van der Waals surface area contributed by atoms with Crippen LogP contribution in [-0.2, 0) is 6.54 Å². The first kappa shape index (κ1) is 21.2. The number of hydrogen-bond acceptors (Lipinski definition) is 4. The molecule has 0 spiro atoms. The highest BCUT2D eigenvalue weighted by Gasteiger charge is 2.39. The van der Waals surface area contributed by atoms with E-state index in [0.717, 1.165) is 6.20 Å². The van der Waals surface area contributed by atoms with Gasteiger partial charge in [0.15, 0.2) is 11.4 Å². The SMILES string of the molecule is O=C(NCc1c(F)cc(F)cc1F)c1cn2c(c(O)c1=O)C(=O)N1CCC[C@H](Cl)[C@H]2C1. The summed E-state index contributed by atoms with van der Waals surface area (Å²) in [7, 11) is 0. The molecule has 0 unspecified atom stereocenters. The van der Waals surface area contributed by atoms with Crippen LogP contribution in [0.25, 0.3) is 0 Å². The number of alkyl halides is 1. The molecule has 2 N–H and O–H groups in total. The summed E-state index contributed by atoms with van der Waals surface area (Å²) >= 11 is 6.44. The summed E-state index contributed by atoms with van der Waals surface area (Å²) in [6, 6.07) is 0.462. The number of rotatable bonds is 3. The van der Waals surface area contributed by atoms with Gasteiger partial charge in [0.05, 0.1) is 11.4 Å². The highest BCUT2D eigenvalue weighted by molar-refractivity contribution is 6.21. The minimum Gasteiger partial charge on any atom is -0.503 e. The molecule has 1 saturated heterocycles. The first-order chi connectivity index (χ1) is 14.7. The molecule has 2 aromatic rings. The molecule has 1 fully saturated rings. The normalized spacial score (nSPS) is 20.3. The lowest BCUT2D eigenvalue weighted by Gasteiger charge is -2.35. The Morgan fingerprint density at radius 3 is 2.58 bits per heavy atom. The summed E-state index contributed by atoms with van der Waals surface area (Å²) in [5, 5.41) is 12.2. The van der Waals surface area contributed by atoms with E-state index in [1.807, 2.05) is 0 Å². The summed E-state index contributed by atoms with van der Waals surface area (Å²) in [6.07, 6.45) is 2.37. The zero-order chi connectivity index (χ0) is 22.4. The van der Waals surface area contributed by atoms with Crippen molar-refractivity contribution >= 4 is 23.4 Å². The molecule has 1 aromatic carbocycles. The smallest absolute Gasteiger partial charge is 0.274 e. The second kappa shape index (κ2) is 7.92. The van der Waals surface area contributed by atoms with Crippen LogP contribution in [0.15, 0.2) is 23.1 Å². The van der Waals surface area contributed by atoms with Gasteiger partial charge in [0.2, 0.25) is 5.43 Å². The molecule has 2 aliphatic rings. The van der Waals surface area contributed by atoms with Gasteiger partial charge in [0.1, 0.15) is 23.0 Å². The van der Waals surface area contributed by atoms with Crippen LogP contribution in [0, 0.1) is 17.5 Å². The Morgan fingerprint density at radius 2 is 1.90 bits per heavy atom. The highest BCUT2D eigenvalue weighted by atomic mass is 35.5. The van der Waals surface area contributed by atoms with Crippen LogP contribution in [-0.4, -0.2) is 44.9 Å². The Morgan fingerprint density at radius 1 is 1.23 bits per heavy atom. The molecule has 11 heteroatoms. The van der Waals surface area contributed by atoms with Crippen LogP contribution >= 0.6 is 11.6 Å². The van der Waals surface area contributed by atoms with Crippen LogP contribution < -0.4 is 10.7 Å². The minimum atomic E-state index is -1.20. The lowest BCUT2D eigenvalue weighted by atomic mass is 10.0. The fourth-order valence-electron chi connectivity index (χ4n) is 3.96. The number of pyridine rings is 1. The van der Waals surface area contributed by atoms with Gasteiger partial charge in [-0.05, 0) is 12.8 Å². The number of nitrogens with zero attached hydrogens (tertiary/aromatic N) is 2. The third kappa shape index (κ3) is 3.65. The van der Waals surface area contributed by atoms with Gasteiger partial charge < -0.3 is 19.9 Å². The van der Waals surface area contributed by atoms with Crippen molar-refractivity contribution in [2.75, 3.05) is 13.1 Å². The van der Waals surface area contributed by atoms with Crippen molar-refractivity contribution in [1.82, 2.24) is 14.8 Å². The van der Waals surface area contributed by atoms with Gasteiger partial charge in [0, 0.05) is 43.5 Å². The van der Waals surface area contributed by atoms with Crippen molar-refractivity contribution in [2.45, 2.75) is 30.8 Å². The zero-order valence-electron chi connectivity index (χ0n) is 16.0. The Hall–Kier alpha value is -3.01. The molecule has 2 aliphatic heterocycles. The average Bonchev–Trinajstić information content (AvgIpc) is 2.87. The molecule has 1 aromatic heterocycles. The molecule has 4 rings (SSSR count). The first-order valence-corrected chi connectivity index (χ1v) is 9.95. The molecular weight excluding hydrogens is 439 g/mol. The summed E-state index contributed by atoms with van der Waals surface area (Å²) < 4.78 is 42.0. The van der Waals surface area contributed by atoms with Gasteiger partial charge in [-0.15, -0.1) is 11.6 Å². The van der Waals surface area contributed by atoms with Gasteiger partial charge in [-0.1, -0.05) is 0 Å². The number of halogens is 4. The average molecular weight is 456 g/mol. The number of benzene rings is 1. The topological polar surface area (TPSA) is 91.6 Å². The van der Waals surface area contributed by atoms with Gasteiger partial charge in [0.25, 0.3) is 11.8 Å². The lowest BCUT2D eigenvalue weighted by Crippen LogP contribution is -2.46. The second-order valence-electron chi connectivity index (χ2n) is 7.48. The van der Waals surface area contributed by atoms with Crippen LogP contribution in [0.5, 0.6) is 5.75 Å². The minimum absolute atomic E-state index is 0.249. The zero-order valence-corrected chi connectivity index (χ0v) is 16.8. The van der Waals surface area contributed by atoms with Crippen molar-refractivity contribution in [3.05, 3.63) is 62.8 Å². The van der Waals surface area contributed by atoms with E-state index in [1.165, 1.54) is 9.47 Å². The van der Waals surface area contributed by atoms with Gasteiger partial charge in [-0.2, -0.15) is 0 Å². The second-order valence-corrected chi connectivity index (χ2v) is 8.04. The summed E-state index contributed by atoms with van der Waals surface area (Å²) in [6.45, 7) is 0.0333. The van der Waals surface area contributed by atoms with Crippen molar-refractivity contribution in [1.29, 1.82) is 0 Å². The van der Waals surface area contributed by atoms with Gasteiger partial charge in [-0.3, -0.25) is 14.4 Å². The predicted molar refractivity (Wildman–Crippen MR) is 104 cm³/mol. The Bertz CT molecular complexity index is 1130. The van der Waals surface area contributed by atoms with E-state index >= 15 is 0 Å². The fraction of sp³-hybridized carbons (Fsp3) is 0.350. The lowest BCUT2D eigenvalue weighted by molar-refractivity contribution is 0.0678. The van der Waals surface area contributed by atoms with E-state index in [-0.39, 0.29) is 12.2 Å². The molecule has 31 heavy (non-hydrogen) atoms. The fourth-order valence-corrected chi connectivity index (χ4v) is 4.31. The number of aromatic hydroxyl groups is 1. The maximum Gasteiger partial charge on any atom is 0.274 e. The van der Waals surface area contributed by atoms with Crippen molar-refractivity contribution in [3.63, 3.8) is 0 Å². The monoisotopic (exact) mass is 455 g/mol. The third-order valence-electron chi connectivity index (χ3n) is 5.57. The standard InChI is InChI=1S/C20H17ClF3N3O4/c21-12-2-1-3-26-8-15(12)27-7-11(17(28)18(29)16(27)20(26)31)19(30)25-6-10-13(23)4-9(22)5-14(10)24/h4-5,7,12,15,29H,1-3,6,8H2,(H,25,30)/t12-,15+/m0/s1. The van der Waals surface area contributed by atoms with E-state index < -0.39 is 69.5 Å². The highest BCUT2D eigenvalue weighted by Crippen LogP contribution is 2.34. The summed E-state index contributed by atoms with van der Waals surface area (Å²) in [5.41, 5.74) is -2.45. The van der Waals surface area contributed by atoms with E-state index in [2.05, 4.69) is 5.32 Å². The van der Waals surface area contributed by atoms with Crippen LogP contribution in [0.2, 0.25) is 0 Å². The maximum atomic E-state index is 13.8. The van der Waals surface area contributed by atoms with E-state index in [0.29, 0.717) is 31.5 Å². The maximum absolute atomic E-state index is 13.8. The number of fused-ring (bicyclic) bond motifs is 4.